The van der Waals surface area contributed by atoms with E-state index >= 15 is 0 Å². The van der Waals surface area contributed by atoms with Crippen LogP contribution in [0.1, 0.15) is 16.7 Å². The Hall–Kier alpha value is -3.12. The number of nitriles is 1. The van der Waals surface area contributed by atoms with Gasteiger partial charge in [-0.15, -0.1) is 0 Å². The molecule has 112 valence electrons. The van der Waals surface area contributed by atoms with Crippen molar-refractivity contribution < 1.29 is 4.74 Å². The first-order valence-corrected chi connectivity index (χ1v) is 7.40. The second-order valence-electron chi connectivity index (χ2n) is 5.29. The highest BCUT2D eigenvalue weighted by Crippen LogP contribution is 2.33. The van der Waals surface area contributed by atoms with E-state index in [0.29, 0.717) is 12.2 Å². The predicted octanol–water partition coefficient (Wildman–Crippen LogP) is 4.51. The summed E-state index contributed by atoms with van der Waals surface area (Å²) in [5.74, 6) is 0.754. The molecule has 3 rings (SSSR count). The SMILES string of the molecule is Cc1ccncc1-c1cc(C#N)ccc1OCc1ccccc1. The molecule has 0 aliphatic heterocycles. The number of ether oxygens (including phenoxy) is 1. The van der Waals surface area contributed by atoms with Crippen molar-refractivity contribution in [3.05, 3.63) is 83.7 Å². The highest BCUT2D eigenvalue weighted by atomic mass is 16.5. The van der Waals surface area contributed by atoms with Gasteiger partial charge in [0.2, 0.25) is 0 Å². The number of hydrogen-bond donors (Lipinski definition) is 0. The molecule has 0 amide bonds. The van der Waals surface area contributed by atoms with Crippen LogP contribution in [0.2, 0.25) is 0 Å². The Morgan fingerprint density at radius 2 is 1.87 bits per heavy atom. The van der Waals surface area contributed by atoms with Crippen LogP contribution in [0.4, 0.5) is 0 Å². The fourth-order valence-corrected chi connectivity index (χ4v) is 2.42. The number of rotatable bonds is 4. The molecule has 0 bridgehead atoms. The summed E-state index contributed by atoms with van der Waals surface area (Å²) in [7, 11) is 0. The smallest absolute Gasteiger partial charge is 0.127 e. The molecule has 0 N–H and O–H groups in total. The van der Waals surface area contributed by atoms with Crippen molar-refractivity contribution in [1.29, 1.82) is 5.26 Å². The first-order chi connectivity index (χ1) is 11.3. The van der Waals surface area contributed by atoms with E-state index in [2.05, 4.69) is 11.1 Å². The van der Waals surface area contributed by atoms with Crippen LogP contribution in [-0.4, -0.2) is 4.98 Å². The highest BCUT2D eigenvalue weighted by molar-refractivity contribution is 5.73. The minimum absolute atomic E-state index is 0.485. The van der Waals surface area contributed by atoms with Crippen LogP contribution in [0.15, 0.2) is 67.0 Å². The van der Waals surface area contributed by atoms with Gasteiger partial charge < -0.3 is 4.74 Å². The largest absolute Gasteiger partial charge is 0.488 e. The van der Waals surface area contributed by atoms with E-state index in [0.717, 1.165) is 28.0 Å². The third kappa shape index (κ3) is 3.38. The first kappa shape index (κ1) is 14.8. The predicted molar refractivity (Wildman–Crippen MR) is 89.9 cm³/mol. The Kier molecular flexibility index (Phi) is 4.35. The van der Waals surface area contributed by atoms with Crippen molar-refractivity contribution in [3.8, 4) is 22.9 Å². The average molecular weight is 300 g/mol. The fraction of sp³-hybridized carbons (Fsp3) is 0.100. The monoisotopic (exact) mass is 300 g/mol. The van der Waals surface area contributed by atoms with Crippen molar-refractivity contribution in [2.24, 2.45) is 0 Å². The summed E-state index contributed by atoms with van der Waals surface area (Å²) in [5, 5.41) is 9.17. The lowest BCUT2D eigenvalue weighted by Gasteiger charge is -2.13. The normalized spacial score (nSPS) is 10.1. The summed E-state index contributed by atoms with van der Waals surface area (Å²) in [5.41, 5.74) is 4.68. The zero-order chi connectivity index (χ0) is 16.1. The summed E-state index contributed by atoms with van der Waals surface area (Å²) in [4.78, 5) is 4.20. The van der Waals surface area contributed by atoms with Crippen LogP contribution in [0, 0.1) is 18.3 Å². The molecular weight excluding hydrogens is 284 g/mol. The maximum Gasteiger partial charge on any atom is 0.127 e. The van der Waals surface area contributed by atoms with Gasteiger partial charge >= 0.3 is 0 Å². The van der Waals surface area contributed by atoms with Gasteiger partial charge in [0, 0.05) is 23.5 Å². The molecular formula is C20H16N2O. The standard InChI is InChI=1S/C20H16N2O/c1-15-9-10-22-13-19(15)18-11-17(12-21)7-8-20(18)23-14-16-5-3-2-4-6-16/h2-11,13H,14H2,1H3. The quantitative estimate of drug-likeness (QED) is 0.712. The molecule has 0 unspecified atom stereocenters. The van der Waals surface area contributed by atoms with Crippen LogP contribution in [-0.2, 0) is 6.61 Å². The molecule has 3 aromatic rings. The van der Waals surface area contributed by atoms with Crippen molar-refractivity contribution in [2.75, 3.05) is 0 Å². The number of hydrogen-bond acceptors (Lipinski definition) is 3. The minimum atomic E-state index is 0.485. The van der Waals surface area contributed by atoms with E-state index in [9.17, 15) is 5.26 Å². The Morgan fingerprint density at radius 1 is 1.04 bits per heavy atom. The topological polar surface area (TPSA) is 45.9 Å². The van der Waals surface area contributed by atoms with Crippen molar-refractivity contribution in [2.45, 2.75) is 13.5 Å². The van der Waals surface area contributed by atoms with Crippen LogP contribution < -0.4 is 4.74 Å². The summed E-state index contributed by atoms with van der Waals surface area (Å²) < 4.78 is 5.99. The lowest BCUT2D eigenvalue weighted by atomic mass is 10.00. The van der Waals surface area contributed by atoms with Crippen LogP contribution in [0.5, 0.6) is 5.75 Å². The van der Waals surface area contributed by atoms with Gasteiger partial charge in [-0.25, -0.2) is 0 Å². The summed E-state index contributed by atoms with van der Waals surface area (Å²) in [6.45, 7) is 2.51. The molecule has 0 atom stereocenters. The maximum absolute atomic E-state index is 9.17. The number of aromatic nitrogens is 1. The van der Waals surface area contributed by atoms with Gasteiger partial charge in [-0.1, -0.05) is 30.3 Å². The number of aryl methyl sites for hydroxylation is 1. The Balaban J connectivity index is 1.97. The lowest BCUT2D eigenvalue weighted by Crippen LogP contribution is -1.98. The molecule has 23 heavy (non-hydrogen) atoms. The van der Waals surface area contributed by atoms with E-state index in [4.69, 9.17) is 4.74 Å². The minimum Gasteiger partial charge on any atom is -0.488 e. The van der Waals surface area contributed by atoms with E-state index in [1.54, 1.807) is 18.5 Å². The molecule has 2 aromatic carbocycles. The van der Waals surface area contributed by atoms with E-state index in [1.165, 1.54) is 0 Å². The average Bonchev–Trinajstić information content (AvgIpc) is 2.61. The van der Waals surface area contributed by atoms with Crippen LogP contribution >= 0.6 is 0 Å². The molecule has 0 saturated heterocycles. The highest BCUT2D eigenvalue weighted by Gasteiger charge is 2.11. The van der Waals surface area contributed by atoms with Gasteiger partial charge in [-0.05, 0) is 42.3 Å². The van der Waals surface area contributed by atoms with Gasteiger partial charge in [0.05, 0.1) is 11.6 Å². The third-order valence-electron chi connectivity index (χ3n) is 3.68. The van der Waals surface area contributed by atoms with Crippen molar-refractivity contribution >= 4 is 0 Å². The molecule has 0 fully saturated rings. The lowest BCUT2D eigenvalue weighted by molar-refractivity contribution is 0.307. The van der Waals surface area contributed by atoms with Crippen LogP contribution in [0.25, 0.3) is 11.1 Å². The Labute approximate surface area is 135 Å². The van der Waals surface area contributed by atoms with Crippen molar-refractivity contribution in [3.63, 3.8) is 0 Å². The zero-order valence-electron chi connectivity index (χ0n) is 12.9. The molecule has 0 spiro atoms. The number of pyridine rings is 1. The van der Waals surface area contributed by atoms with E-state index in [-0.39, 0.29) is 0 Å². The maximum atomic E-state index is 9.17. The van der Waals surface area contributed by atoms with Gasteiger partial charge in [0.1, 0.15) is 12.4 Å². The third-order valence-corrected chi connectivity index (χ3v) is 3.68. The number of benzene rings is 2. The molecule has 0 saturated carbocycles. The fourth-order valence-electron chi connectivity index (χ4n) is 2.42. The summed E-state index contributed by atoms with van der Waals surface area (Å²) >= 11 is 0. The zero-order valence-corrected chi connectivity index (χ0v) is 12.9. The van der Waals surface area contributed by atoms with Crippen molar-refractivity contribution in [1.82, 2.24) is 4.98 Å². The second-order valence-corrected chi connectivity index (χ2v) is 5.29. The first-order valence-electron chi connectivity index (χ1n) is 7.40. The second kappa shape index (κ2) is 6.76. The van der Waals surface area contributed by atoms with Gasteiger partial charge in [0.15, 0.2) is 0 Å². The molecule has 3 heteroatoms. The van der Waals surface area contributed by atoms with Gasteiger partial charge in [-0.3, -0.25) is 4.98 Å². The van der Waals surface area contributed by atoms with E-state index < -0.39 is 0 Å². The Bertz CT molecular complexity index is 851. The molecule has 0 radical (unpaired) electrons. The Morgan fingerprint density at radius 3 is 2.61 bits per heavy atom. The van der Waals surface area contributed by atoms with Gasteiger partial charge in [0.25, 0.3) is 0 Å². The van der Waals surface area contributed by atoms with Crippen LogP contribution in [0.3, 0.4) is 0 Å². The van der Waals surface area contributed by atoms with E-state index in [1.807, 2.05) is 55.5 Å². The summed E-state index contributed by atoms with van der Waals surface area (Å²) in [6.07, 6.45) is 3.57. The summed E-state index contributed by atoms with van der Waals surface area (Å²) in [6, 6.07) is 19.6. The molecule has 1 heterocycles. The number of nitrogens with zero attached hydrogens (tertiary/aromatic N) is 2. The molecule has 0 aliphatic rings. The molecule has 0 aliphatic carbocycles. The molecule has 1 aromatic heterocycles. The molecule has 3 nitrogen and oxygen atoms in total. The van der Waals surface area contributed by atoms with Gasteiger partial charge in [-0.2, -0.15) is 5.26 Å².